The lowest BCUT2D eigenvalue weighted by molar-refractivity contribution is 0.0422. The first-order valence-electron chi connectivity index (χ1n) is 14.8. The maximum absolute atomic E-state index is 15.1. The Kier molecular flexibility index (Phi) is 9.34. The first-order chi connectivity index (χ1) is 22.2. The number of aliphatic hydroxyl groups is 1. The molecule has 7 nitrogen and oxygen atoms in total. The Hall–Kier alpha value is -4.32. The van der Waals surface area contributed by atoms with Gasteiger partial charge in [-0.1, -0.05) is 0 Å². The average molecular weight is 641 g/mol. The summed E-state index contributed by atoms with van der Waals surface area (Å²) in [7, 11) is 0. The van der Waals surface area contributed by atoms with Crippen LogP contribution < -0.4 is 18.9 Å². The Morgan fingerprint density at radius 2 is 0.783 bits per heavy atom. The minimum absolute atomic E-state index is 0.0703. The molecule has 0 bridgehead atoms. The van der Waals surface area contributed by atoms with Gasteiger partial charge in [0.1, 0.15) is 67.7 Å². The highest BCUT2D eigenvalue weighted by Gasteiger charge is 2.35. The maximum Gasteiger partial charge on any atom is 0.298 e. The summed E-state index contributed by atoms with van der Waals surface area (Å²) in [5.41, 5.74) is -0.800. The van der Waals surface area contributed by atoms with Gasteiger partial charge in [-0.25, -0.2) is 0 Å². The molecule has 4 aromatic carbocycles. The zero-order valence-corrected chi connectivity index (χ0v) is 24.6. The summed E-state index contributed by atoms with van der Waals surface area (Å²) in [4.78, 5) is 0. The molecule has 0 aromatic heterocycles. The van der Waals surface area contributed by atoms with Crippen molar-refractivity contribution in [2.75, 3.05) is 39.6 Å². The third kappa shape index (κ3) is 8.09. The molecule has 2 saturated heterocycles. The number of hydrogen-bond donors (Lipinski definition) is 1. The fourth-order valence-electron chi connectivity index (χ4n) is 4.52. The molecule has 11 heteroatoms. The van der Waals surface area contributed by atoms with Gasteiger partial charge in [0.25, 0.3) is 11.8 Å². The molecule has 0 radical (unpaired) electrons. The van der Waals surface area contributed by atoms with Gasteiger partial charge in [0.15, 0.2) is 0 Å². The van der Waals surface area contributed by atoms with Crippen molar-refractivity contribution in [2.24, 2.45) is 0 Å². The molecule has 0 aliphatic carbocycles. The van der Waals surface area contributed by atoms with Crippen molar-refractivity contribution in [3.05, 3.63) is 119 Å². The van der Waals surface area contributed by atoms with Gasteiger partial charge in [-0.15, -0.1) is 0 Å². The summed E-state index contributed by atoms with van der Waals surface area (Å²) in [5.74, 6) is -4.93. The van der Waals surface area contributed by atoms with Crippen molar-refractivity contribution in [3.63, 3.8) is 0 Å². The standard InChI is InChI=1S/C35H32F4O7/c36-34(37,25-5-13-30(14-6-25)43-19-32-21-45-32)23-1-9-28(10-2-23)41-17-27(40)18-42-29-11-3-24(4-12-29)35(38,39)26-7-15-31(16-8-26)44-20-33-22-46-33/h1-16,27,32-33,40H,17-22H2. The molecule has 2 aliphatic rings. The second-order valence-electron chi connectivity index (χ2n) is 11.1. The lowest BCUT2D eigenvalue weighted by Crippen LogP contribution is -2.25. The number of ether oxygens (including phenoxy) is 6. The second-order valence-corrected chi connectivity index (χ2v) is 11.1. The van der Waals surface area contributed by atoms with Crippen LogP contribution in [0.1, 0.15) is 22.3 Å². The smallest absolute Gasteiger partial charge is 0.298 e. The SMILES string of the molecule is OC(COc1ccc(C(F)(F)c2ccc(OCC3CO3)cc2)cc1)COc1ccc(C(F)(F)c2ccc(OCC3CO3)cc2)cc1. The van der Waals surface area contributed by atoms with E-state index >= 15 is 17.6 Å². The van der Waals surface area contributed by atoms with Crippen LogP contribution in [0.3, 0.4) is 0 Å². The van der Waals surface area contributed by atoms with Crippen molar-refractivity contribution in [1.82, 2.24) is 0 Å². The fraction of sp³-hybridized carbons (Fsp3) is 0.314. The molecule has 6 rings (SSSR count). The highest BCUT2D eigenvalue weighted by atomic mass is 19.3. The Bertz CT molecular complexity index is 1440. The van der Waals surface area contributed by atoms with Crippen LogP contribution in [-0.2, 0) is 21.3 Å². The molecule has 242 valence electrons. The highest BCUT2D eigenvalue weighted by molar-refractivity contribution is 5.40. The van der Waals surface area contributed by atoms with Gasteiger partial charge in [-0.05, 0) is 97.1 Å². The van der Waals surface area contributed by atoms with Crippen LogP contribution >= 0.6 is 0 Å². The molecule has 2 fully saturated rings. The Balaban J connectivity index is 0.952. The number of epoxide rings is 2. The van der Waals surface area contributed by atoms with Gasteiger partial charge in [0.2, 0.25) is 0 Å². The van der Waals surface area contributed by atoms with E-state index in [-0.39, 0.29) is 59.2 Å². The first-order valence-corrected chi connectivity index (χ1v) is 14.8. The van der Waals surface area contributed by atoms with Crippen molar-refractivity contribution >= 4 is 0 Å². The molecular weight excluding hydrogens is 608 g/mol. The molecule has 2 atom stereocenters. The van der Waals surface area contributed by atoms with E-state index in [4.69, 9.17) is 28.4 Å². The third-order valence-electron chi connectivity index (χ3n) is 7.43. The monoisotopic (exact) mass is 640 g/mol. The van der Waals surface area contributed by atoms with Gasteiger partial charge >= 0.3 is 0 Å². The largest absolute Gasteiger partial charge is 0.491 e. The van der Waals surface area contributed by atoms with Crippen LogP contribution in [0.25, 0.3) is 0 Å². The van der Waals surface area contributed by atoms with E-state index in [1.165, 1.54) is 97.1 Å². The molecule has 0 amide bonds. The number of aliphatic hydroxyl groups excluding tert-OH is 1. The minimum Gasteiger partial charge on any atom is -0.491 e. The van der Waals surface area contributed by atoms with E-state index in [0.717, 1.165) is 0 Å². The number of rotatable bonds is 16. The quantitative estimate of drug-likeness (QED) is 0.113. The highest BCUT2D eigenvalue weighted by Crippen LogP contribution is 2.38. The van der Waals surface area contributed by atoms with E-state index < -0.39 is 17.9 Å². The van der Waals surface area contributed by atoms with Gasteiger partial charge in [-0.2, -0.15) is 17.6 Å². The molecule has 2 aliphatic heterocycles. The second kappa shape index (κ2) is 13.6. The number of alkyl halides is 4. The summed E-state index contributed by atoms with van der Waals surface area (Å²) >= 11 is 0. The number of halogens is 4. The lowest BCUT2D eigenvalue weighted by Gasteiger charge is -2.19. The van der Waals surface area contributed by atoms with Crippen LogP contribution in [-0.4, -0.2) is 63.1 Å². The molecular formula is C35H32F4O7. The maximum atomic E-state index is 15.1. The van der Waals surface area contributed by atoms with Crippen molar-refractivity contribution in [1.29, 1.82) is 0 Å². The normalized spacial score (nSPS) is 18.0. The first kappa shape index (κ1) is 31.7. The molecule has 1 N–H and O–H groups in total. The predicted octanol–water partition coefficient (Wildman–Crippen LogP) is 6.34. The lowest BCUT2D eigenvalue weighted by atomic mass is 10.0. The summed E-state index contributed by atoms with van der Waals surface area (Å²) in [6.07, 6.45) is -0.927. The van der Waals surface area contributed by atoms with E-state index in [1.807, 2.05) is 0 Å². The zero-order chi connectivity index (χ0) is 32.1. The van der Waals surface area contributed by atoms with Crippen molar-refractivity contribution in [2.45, 2.75) is 30.2 Å². The Labute approximate surface area is 263 Å². The summed E-state index contributed by atoms with van der Waals surface area (Å²) < 4.78 is 92.6. The fourth-order valence-corrected chi connectivity index (χ4v) is 4.52. The number of benzene rings is 4. The van der Waals surface area contributed by atoms with Gasteiger partial charge in [0.05, 0.1) is 13.2 Å². The van der Waals surface area contributed by atoms with E-state index in [1.54, 1.807) is 0 Å². The average Bonchev–Trinajstić information content (AvgIpc) is 4.01. The topological polar surface area (TPSA) is 82.2 Å². The van der Waals surface area contributed by atoms with Crippen molar-refractivity contribution in [3.8, 4) is 23.0 Å². The molecule has 4 aromatic rings. The Morgan fingerprint density at radius 3 is 1.04 bits per heavy atom. The van der Waals surface area contributed by atoms with Crippen LogP contribution in [0, 0.1) is 0 Å². The van der Waals surface area contributed by atoms with E-state index in [9.17, 15) is 5.11 Å². The summed E-state index contributed by atoms with van der Waals surface area (Å²) in [6, 6.07) is 21.9. The van der Waals surface area contributed by atoms with Gasteiger partial charge in [0, 0.05) is 22.3 Å². The third-order valence-corrected chi connectivity index (χ3v) is 7.43. The predicted molar refractivity (Wildman–Crippen MR) is 159 cm³/mol. The zero-order valence-electron chi connectivity index (χ0n) is 24.6. The Morgan fingerprint density at radius 1 is 0.522 bits per heavy atom. The van der Waals surface area contributed by atoms with Crippen LogP contribution in [0.4, 0.5) is 17.6 Å². The molecule has 2 unspecified atom stereocenters. The number of hydrogen-bond acceptors (Lipinski definition) is 7. The van der Waals surface area contributed by atoms with E-state index in [0.29, 0.717) is 37.9 Å². The molecule has 2 heterocycles. The molecule has 0 saturated carbocycles. The van der Waals surface area contributed by atoms with Crippen LogP contribution in [0.5, 0.6) is 23.0 Å². The summed E-state index contributed by atoms with van der Waals surface area (Å²) in [5, 5.41) is 10.3. The summed E-state index contributed by atoms with van der Waals surface area (Å²) in [6.45, 7) is 1.72. The van der Waals surface area contributed by atoms with Gasteiger partial charge in [-0.3, -0.25) is 0 Å². The molecule has 0 spiro atoms. The van der Waals surface area contributed by atoms with Crippen LogP contribution in [0.15, 0.2) is 97.1 Å². The minimum atomic E-state index is -3.24. The van der Waals surface area contributed by atoms with Gasteiger partial charge < -0.3 is 33.5 Å². The molecule has 46 heavy (non-hydrogen) atoms. The van der Waals surface area contributed by atoms with Crippen molar-refractivity contribution < 1.29 is 51.1 Å². The van der Waals surface area contributed by atoms with E-state index in [2.05, 4.69) is 0 Å². The van der Waals surface area contributed by atoms with Crippen LogP contribution in [0.2, 0.25) is 0 Å².